The molecule has 1 amide bonds. The maximum absolute atomic E-state index is 11.0. The van der Waals surface area contributed by atoms with Crippen LogP contribution in [0.5, 0.6) is 0 Å². The number of hydrogen-bond acceptors (Lipinski definition) is 3. The summed E-state index contributed by atoms with van der Waals surface area (Å²) < 4.78 is 0. The van der Waals surface area contributed by atoms with Crippen LogP contribution in [-0.2, 0) is 4.79 Å². The number of nitrogens with one attached hydrogen (secondary N) is 1. The van der Waals surface area contributed by atoms with Gasteiger partial charge in [-0.2, -0.15) is 0 Å². The lowest BCUT2D eigenvalue weighted by Crippen LogP contribution is -2.24. The van der Waals surface area contributed by atoms with Crippen LogP contribution in [-0.4, -0.2) is 22.1 Å². The summed E-state index contributed by atoms with van der Waals surface area (Å²) in [6.07, 6.45) is 0.552. The quantitative estimate of drug-likeness (QED) is 0.704. The number of aliphatic hydroxyl groups excluding tert-OH is 1. The van der Waals surface area contributed by atoms with Gasteiger partial charge in [0.05, 0.1) is 11.9 Å². The SMILES string of the molecule is Cc1ccc(NC(=O)[C@@H](C)O)cn1. The number of amides is 1. The van der Waals surface area contributed by atoms with Gasteiger partial charge in [0.25, 0.3) is 5.91 Å². The summed E-state index contributed by atoms with van der Waals surface area (Å²) in [4.78, 5) is 15.0. The Kier molecular flexibility index (Phi) is 2.97. The molecule has 0 aliphatic rings. The standard InChI is InChI=1S/C9H12N2O2/c1-6-3-4-8(5-10-6)11-9(13)7(2)12/h3-5,7,12H,1-2H3,(H,11,13)/t7-/m1/s1. The summed E-state index contributed by atoms with van der Waals surface area (Å²) >= 11 is 0. The van der Waals surface area contributed by atoms with Crippen LogP contribution in [0.4, 0.5) is 5.69 Å². The molecule has 1 aromatic rings. The highest BCUT2D eigenvalue weighted by molar-refractivity contribution is 5.93. The van der Waals surface area contributed by atoms with E-state index < -0.39 is 12.0 Å². The molecule has 1 rings (SSSR count). The van der Waals surface area contributed by atoms with Gasteiger partial charge in [-0.3, -0.25) is 9.78 Å². The van der Waals surface area contributed by atoms with Crippen molar-refractivity contribution in [2.45, 2.75) is 20.0 Å². The fraction of sp³-hybridized carbons (Fsp3) is 0.333. The van der Waals surface area contributed by atoms with Crippen LogP contribution in [0.1, 0.15) is 12.6 Å². The minimum Gasteiger partial charge on any atom is -0.384 e. The maximum Gasteiger partial charge on any atom is 0.252 e. The van der Waals surface area contributed by atoms with Crippen molar-refractivity contribution in [1.29, 1.82) is 0 Å². The number of aromatic nitrogens is 1. The first-order valence-electron chi connectivity index (χ1n) is 4.01. The molecule has 4 heteroatoms. The van der Waals surface area contributed by atoms with Crippen molar-refractivity contribution < 1.29 is 9.90 Å². The minimum atomic E-state index is -0.999. The molecule has 4 nitrogen and oxygen atoms in total. The number of carbonyl (C=O) groups is 1. The number of aliphatic hydroxyl groups is 1. The van der Waals surface area contributed by atoms with E-state index in [1.807, 2.05) is 6.92 Å². The van der Waals surface area contributed by atoms with Gasteiger partial charge in [0.2, 0.25) is 0 Å². The molecule has 0 unspecified atom stereocenters. The number of hydrogen-bond donors (Lipinski definition) is 2. The molecule has 0 aromatic carbocycles. The molecular weight excluding hydrogens is 168 g/mol. The van der Waals surface area contributed by atoms with Crippen LogP contribution in [0.25, 0.3) is 0 Å². The van der Waals surface area contributed by atoms with Crippen molar-refractivity contribution in [2.75, 3.05) is 5.32 Å². The molecule has 0 aliphatic heterocycles. The van der Waals surface area contributed by atoms with Crippen LogP contribution in [0.2, 0.25) is 0 Å². The first-order chi connectivity index (χ1) is 6.09. The van der Waals surface area contributed by atoms with E-state index in [4.69, 9.17) is 5.11 Å². The predicted molar refractivity (Wildman–Crippen MR) is 49.3 cm³/mol. The summed E-state index contributed by atoms with van der Waals surface area (Å²) in [5, 5.41) is 11.4. The lowest BCUT2D eigenvalue weighted by Gasteiger charge is -2.06. The number of anilines is 1. The molecule has 1 atom stereocenters. The molecule has 2 N–H and O–H groups in total. The molecule has 0 saturated carbocycles. The summed E-state index contributed by atoms with van der Waals surface area (Å²) in [7, 11) is 0. The van der Waals surface area contributed by atoms with Gasteiger partial charge in [-0.15, -0.1) is 0 Å². The largest absolute Gasteiger partial charge is 0.384 e. The van der Waals surface area contributed by atoms with Gasteiger partial charge >= 0.3 is 0 Å². The van der Waals surface area contributed by atoms with E-state index in [1.54, 1.807) is 18.3 Å². The van der Waals surface area contributed by atoms with E-state index >= 15 is 0 Å². The van der Waals surface area contributed by atoms with Gasteiger partial charge in [-0.05, 0) is 26.0 Å². The Morgan fingerprint density at radius 2 is 2.31 bits per heavy atom. The molecule has 13 heavy (non-hydrogen) atoms. The third kappa shape index (κ3) is 2.83. The highest BCUT2D eigenvalue weighted by Crippen LogP contribution is 2.05. The molecule has 70 valence electrons. The predicted octanol–water partition coefficient (Wildman–Crippen LogP) is 0.709. The fourth-order valence-electron chi connectivity index (χ4n) is 0.788. The molecule has 0 fully saturated rings. The van der Waals surface area contributed by atoms with E-state index in [2.05, 4.69) is 10.3 Å². The minimum absolute atomic E-state index is 0.425. The van der Waals surface area contributed by atoms with Crippen molar-refractivity contribution in [3.8, 4) is 0 Å². The summed E-state index contributed by atoms with van der Waals surface area (Å²) in [5.41, 5.74) is 1.48. The van der Waals surface area contributed by atoms with E-state index in [-0.39, 0.29) is 0 Å². The maximum atomic E-state index is 11.0. The fourth-order valence-corrected chi connectivity index (χ4v) is 0.788. The van der Waals surface area contributed by atoms with Crippen molar-refractivity contribution in [3.05, 3.63) is 24.0 Å². The second-order valence-electron chi connectivity index (χ2n) is 2.85. The van der Waals surface area contributed by atoms with Crippen LogP contribution in [0.3, 0.4) is 0 Å². The Hall–Kier alpha value is -1.42. The number of nitrogens with zero attached hydrogens (tertiary/aromatic N) is 1. The summed E-state index contributed by atoms with van der Waals surface area (Å²) in [6.45, 7) is 3.28. The van der Waals surface area contributed by atoms with E-state index in [0.717, 1.165) is 5.69 Å². The van der Waals surface area contributed by atoms with Crippen LogP contribution >= 0.6 is 0 Å². The zero-order valence-corrected chi connectivity index (χ0v) is 7.61. The Balaban J connectivity index is 2.65. The second kappa shape index (κ2) is 4.00. The summed E-state index contributed by atoms with van der Waals surface area (Å²) in [5.74, 6) is -0.425. The normalized spacial score (nSPS) is 12.2. The van der Waals surface area contributed by atoms with E-state index in [9.17, 15) is 4.79 Å². The lowest BCUT2D eigenvalue weighted by atomic mass is 10.3. The average molecular weight is 180 g/mol. The lowest BCUT2D eigenvalue weighted by molar-refractivity contribution is -0.123. The van der Waals surface area contributed by atoms with Gasteiger partial charge in [0.15, 0.2) is 0 Å². The van der Waals surface area contributed by atoms with Crippen LogP contribution < -0.4 is 5.32 Å². The Bertz CT molecular complexity index is 293. The zero-order valence-electron chi connectivity index (χ0n) is 7.61. The van der Waals surface area contributed by atoms with Gasteiger partial charge in [-0.25, -0.2) is 0 Å². The zero-order chi connectivity index (χ0) is 9.84. The van der Waals surface area contributed by atoms with Gasteiger partial charge < -0.3 is 10.4 Å². The van der Waals surface area contributed by atoms with Crippen LogP contribution in [0.15, 0.2) is 18.3 Å². The molecule has 1 aromatic heterocycles. The number of pyridine rings is 1. The third-order valence-electron chi connectivity index (χ3n) is 1.56. The number of carbonyl (C=O) groups excluding carboxylic acids is 1. The van der Waals surface area contributed by atoms with Crippen molar-refractivity contribution in [1.82, 2.24) is 4.98 Å². The van der Waals surface area contributed by atoms with E-state index in [1.165, 1.54) is 6.92 Å². The van der Waals surface area contributed by atoms with Gasteiger partial charge in [-0.1, -0.05) is 0 Å². The Morgan fingerprint density at radius 1 is 1.62 bits per heavy atom. The second-order valence-corrected chi connectivity index (χ2v) is 2.85. The molecule has 0 spiro atoms. The molecule has 0 saturated heterocycles. The topological polar surface area (TPSA) is 62.2 Å². The third-order valence-corrected chi connectivity index (χ3v) is 1.56. The average Bonchev–Trinajstić information content (AvgIpc) is 2.08. The first-order valence-corrected chi connectivity index (χ1v) is 4.01. The molecule has 0 radical (unpaired) electrons. The molecule has 0 aliphatic carbocycles. The highest BCUT2D eigenvalue weighted by Gasteiger charge is 2.07. The number of aryl methyl sites for hydroxylation is 1. The monoisotopic (exact) mass is 180 g/mol. The van der Waals surface area contributed by atoms with Crippen LogP contribution in [0, 0.1) is 6.92 Å². The van der Waals surface area contributed by atoms with Gasteiger partial charge in [0, 0.05) is 5.69 Å². The molecule has 1 heterocycles. The van der Waals surface area contributed by atoms with Crippen molar-refractivity contribution >= 4 is 11.6 Å². The Morgan fingerprint density at radius 3 is 2.77 bits per heavy atom. The smallest absolute Gasteiger partial charge is 0.252 e. The molecular formula is C9H12N2O2. The van der Waals surface area contributed by atoms with Crippen molar-refractivity contribution in [2.24, 2.45) is 0 Å². The first kappa shape index (κ1) is 9.67. The summed E-state index contributed by atoms with van der Waals surface area (Å²) in [6, 6.07) is 3.53. The van der Waals surface area contributed by atoms with E-state index in [0.29, 0.717) is 5.69 Å². The number of rotatable bonds is 2. The highest BCUT2D eigenvalue weighted by atomic mass is 16.3. The molecule has 0 bridgehead atoms. The van der Waals surface area contributed by atoms with Gasteiger partial charge in [0.1, 0.15) is 6.10 Å². The Labute approximate surface area is 76.6 Å². The van der Waals surface area contributed by atoms with Crippen molar-refractivity contribution in [3.63, 3.8) is 0 Å².